The topological polar surface area (TPSA) is 75.1 Å². The van der Waals surface area contributed by atoms with E-state index in [1.165, 1.54) is 0 Å². The lowest BCUT2D eigenvalue weighted by atomic mass is 10.1. The van der Waals surface area contributed by atoms with E-state index in [1.54, 1.807) is 4.68 Å². The third-order valence-corrected chi connectivity index (χ3v) is 5.08. The number of carbonyl (C=O) groups is 1. The minimum Gasteiger partial charge on any atom is -0.368 e. The molecule has 0 saturated heterocycles. The number of aryl methyl sites for hydroxylation is 1. The second-order valence-corrected chi connectivity index (χ2v) is 7.63. The number of nitrogens with zero attached hydrogens (tertiary/aromatic N) is 4. The summed E-state index contributed by atoms with van der Waals surface area (Å²) in [5.74, 6) is 0.677. The van der Waals surface area contributed by atoms with E-state index >= 15 is 0 Å². The molecule has 0 bridgehead atoms. The Bertz CT molecular complexity index is 991. The van der Waals surface area contributed by atoms with E-state index in [-0.39, 0.29) is 11.9 Å². The summed E-state index contributed by atoms with van der Waals surface area (Å²) in [6.45, 7) is 0.660. The zero-order chi connectivity index (χ0) is 19.7. The third-order valence-electron chi connectivity index (χ3n) is 5.08. The zero-order valence-corrected chi connectivity index (χ0v) is 16.5. The van der Waals surface area contributed by atoms with Crippen molar-refractivity contribution in [3.05, 3.63) is 53.9 Å². The summed E-state index contributed by atoms with van der Waals surface area (Å²) in [5.41, 5.74) is 2.62. The molecule has 1 atom stereocenters. The highest BCUT2D eigenvalue weighted by molar-refractivity contribution is 6.07. The molecule has 146 valence electrons. The molecule has 7 nitrogen and oxygen atoms in total. The standard InChI is InChI=1S/C21H26N6O/c1-26(2)19(14-11-23-27(3)13-14)12-22-20-10-17(21(28)24-15-8-9-15)16-6-4-5-7-18(16)25-20/h4-7,10-11,13,15,19H,8-9,12H2,1-3H3,(H,22,25)(H,24,28). The van der Waals surface area contributed by atoms with Gasteiger partial charge in [0, 0.05) is 36.8 Å². The largest absolute Gasteiger partial charge is 0.368 e. The normalized spacial score (nSPS) is 15.0. The van der Waals surface area contributed by atoms with E-state index in [1.807, 2.05) is 63.9 Å². The van der Waals surface area contributed by atoms with Gasteiger partial charge in [0.15, 0.2) is 0 Å². The maximum absolute atomic E-state index is 12.7. The summed E-state index contributed by atoms with van der Waals surface area (Å²) in [4.78, 5) is 19.6. The van der Waals surface area contributed by atoms with Crippen LogP contribution in [0.4, 0.5) is 5.82 Å². The molecule has 0 radical (unpaired) electrons. The number of likely N-dealkylation sites (N-methyl/N-ethyl adjacent to an activating group) is 1. The SMILES string of the molecule is CN(C)C(CNc1cc(C(=O)NC2CC2)c2ccccc2n1)c1cnn(C)c1. The van der Waals surface area contributed by atoms with Crippen molar-refractivity contribution in [2.45, 2.75) is 24.9 Å². The molecule has 1 amide bonds. The zero-order valence-electron chi connectivity index (χ0n) is 16.5. The number of anilines is 1. The Morgan fingerprint density at radius 3 is 2.79 bits per heavy atom. The number of hydrogen-bond acceptors (Lipinski definition) is 5. The van der Waals surface area contributed by atoms with Crippen molar-refractivity contribution < 1.29 is 4.79 Å². The second kappa shape index (κ2) is 7.59. The molecule has 1 aromatic carbocycles. The van der Waals surface area contributed by atoms with Crippen molar-refractivity contribution in [2.75, 3.05) is 26.0 Å². The molecule has 2 heterocycles. The summed E-state index contributed by atoms with van der Waals surface area (Å²) in [7, 11) is 6.00. The maximum Gasteiger partial charge on any atom is 0.252 e. The number of amides is 1. The molecular formula is C21H26N6O. The molecular weight excluding hydrogens is 352 g/mol. The van der Waals surface area contributed by atoms with Crippen molar-refractivity contribution in [3.63, 3.8) is 0 Å². The first-order chi connectivity index (χ1) is 13.5. The van der Waals surface area contributed by atoms with Gasteiger partial charge < -0.3 is 15.5 Å². The summed E-state index contributed by atoms with van der Waals surface area (Å²) in [6.07, 6.45) is 6.04. The van der Waals surface area contributed by atoms with Gasteiger partial charge in [0.25, 0.3) is 5.91 Å². The average molecular weight is 378 g/mol. The summed E-state index contributed by atoms with van der Waals surface area (Å²) in [5, 5.41) is 11.7. The van der Waals surface area contributed by atoms with Gasteiger partial charge in [-0.1, -0.05) is 18.2 Å². The first-order valence-corrected chi connectivity index (χ1v) is 9.61. The van der Waals surface area contributed by atoms with Gasteiger partial charge in [0.2, 0.25) is 0 Å². The van der Waals surface area contributed by atoms with Gasteiger partial charge in [-0.2, -0.15) is 5.10 Å². The minimum atomic E-state index is -0.0273. The number of rotatable bonds is 7. The Hall–Kier alpha value is -2.93. The number of carbonyl (C=O) groups excluding carboxylic acids is 1. The number of benzene rings is 1. The number of hydrogen-bond donors (Lipinski definition) is 2. The highest BCUT2D eigenvalue weighted by Crippen LogP contribution is 2.25. The third kappa shape index (κ3) is 3.99. The van der Waals surface area contributed by atoms with E-state index in [0.29, 0.717) is 24.0 Å². The van der Waals surface area contributed by atoms with E-state index in [9.17, 15) is 4.79 Å². The van der Waals surface area contributed by atoms with Gasteiger partial charge in [-0.25, -0.2) is 4.98 Å². The Kier molecular flexibility index (Phi) is 5.00. The smallest absolute Gasteiger partial charge is 0.252 e. The van der Waals surface area contributed by atoms with Crippen LogP contribution in [0.3, 0.4) is 0 Å². The molecule has 28 heavy (non-hydrogen) atoms. The van der Waals surface area contributed by atoms with Crippen LogP contribution in [0.2, 0.25) is 0 Å². The van der Waals surface area contributed by atoms with Gasteiger partial charge in [-0.15, -0.1) is 0 Å². The van der Waals surface area contributed by atoms with Gasteiger partial charge in [0.05, 0.1) is 23.3 Å². The first kappa shape index (κ1) is 18.4. The number of pyridine rings is 1. The Morgan fingerprint density at radius 1 is 1.32 bits per heavy atom. The van der Waals surface area contributed by atoms with Gasteiger partial charge in [0.1, 0.15) is 5.82 Å². The maximum atomic E-state index is 12.7. The van der Waals surface area contributed by atoms with Crippen LogP contribution < -0.4 is 10.6 Å². The fourth-order valence-electron chi connectivity index (χ4n) is 3.36. The minimum absolute atomic E-state index is 0.0273. The number of aromatic nitrogens is 3. The van der Waals surface area contributed by atoms with Gasteiger partial charge in [-0.3, -0.25) is 9.48 Å². The molecule has 1 aliphatic rings. The summed E-state index contributed by atoms with van der Waals surface area (Å²) < 4.78 is 1.81. The van der Waals surface area contributed by atoms with Crippen LogP contribution in [0.25, 0.3) is 10.9 Å². The second-order valence-electron chi connectivity index (χ2n) is 7.63. The lowest BCUT2D eigenvalue weighted by molar-refractivity contribution is 0.0952. The molecule has 1 unspecified atom stereocenters. The van der Waals surface area contributed by atoms with Gasteiger partial charge >= 0.3 is 0 Å². The molecule has 0 spiro atoms. The molecule has 1 saturated carbocycles. The summed E-state index contributed by atoms with van der Waals surface area (Å²) >= 11 is 0. The Balaban J connectivity index is 1.60. The molecule has 0 aliphatic heterocycles. The molecule has 2 aromatic heterocycles. The molecule has 3 aromatic rings. The quantitative estimate of drug-likeness (QED) is 0.661. The van der Waals surface area contributed by atoms with Crippen molar-refractivity contribution in [1.82, 2.24) is 25.0 Å². The number of para-hydroxylation sites is 1. The van der Waals surface area contributed by atoms with Crippen LogP contribution in [-0.2, 0) is 7.05 Å². The Morgan fingerprint density at radius 2 is 2.11 bits per heavy atom. The van der Waals surface area contributed by atoms with Crippen LogP contribution in [0.1, 0.15) is 34.8 Å². The fourth-order valence-corrected chi connectivity index (χ4v) is 3.36. The number of nitrogens with one attached hydrogen (secondary N) is 2. The lowest BCUT2D eigenvalue weighted by Crippen LogP contribution is -2.27. The molecule has 4 rings (SSSR count). The molecule has 1 aliphatic carbocycles. The van der Waals surface area contributed by atoms with E-state index < -0.39 is 0 Å². The number of fused-ring (bicyclic) bond motifs is 1. The van der Waals surface area contributed by atoms with E-state index in [2.05, 4.69) is 20.6 Å². The van der Waals surface area contributed by atoms with Crippen molar-refractivity contribution >= 4 is 22.6 Å². The Labute approximate surface area is 164 Å². The molecule has 1 fully saturated rings. The monoisotopic (exact) mass is 378 g/mol. The summed E-state index contributed by atoms with van der Waals surface area (Å²) in [6, 6.07) is 10.1. The molecule has 2 N–H and O–H groups in total. The molecule has 7 heteroatoms. The van der Waals surface area contributed by atoms with Gasteiger partial charge in [-0.05, 0) is 39.1 Å². The van der Waals surface area contributed by atoms with Crippen LogP contribution in [0, 0.1) is 0 Å². The first-order valence-electron chi connectivity index (χ1n) is 9.61. The highest BCUT2D eigenvalue weighted by atomic mass is 16.1. The van der Waals surface area contributed by atoms with E-state index in [0.717, 1.165) is 29.3 Å². The van der Waals surface area contributed by atoms with E-state index in [4.69, 9.17) is 4.98 Å². The predicted molar refractivity (Wildman–Crippen MR) is 110 cm³/mol. The van der Waals surface area contributed by atoms with Crippen LogP contribution >= 0.6 is 0 Å². The predicted octanol–water partition coefficient (Wildman–Crippen LogP) is 2.58. The van der Waals surface area contributed by atoms with Crippen molar-refractivity contribution in [1.29, 1.82) is 0 Å². The van der Waals surface area contributed by atoms with Crippen LogP contribution in [-0.4, -0.2) is 52.3 Å². The lowest BCUT2D eigenvalue weighted by Gasteiger charge is -2.24. The average Bonchev–Trinajstić information content (AvgIpc) is 3.39. The van der Waals surface area contributed by atoms with Crippen LogP contribution in [0.5, 0.6) is 0 Å². The highest BCUT2D eigenvalue weighted by Gasteiger charge is 2.25. The van der Waals surface area contributed by atoms with Crippen molar-refractivity contribution in [3.8, 4) is 0 Å². The van der Waals surface area contributed by atoms with Crippen molar-refractivity contribution in [2.24, 2.45) is 7.05 Å². The fraction of sp³-hybridized carbons (Fsp3) is 0.381. The van der Waals surface area contributed by atoms with Crippen LogP contribution in [0.15, 0.2) is 42.7 Å².